The molecule has 0 aliphatic carbocycles. The van der Waals surface area contributed by atoms with E-state index in [4.69, 9.17) is 4.74 Å². The number of nitrogens with one attached hydrogen (secondary N) is 1. The van der Waals surface area contributed by atoms with Gasteiger partial charge in [0.15, 0.2) is 0 Å². The maximum Gasteiger partial charge on any atom is 0.129 e. The fourth-order valence-electron chi connectivity index (χ4n) is 2.51. The largest absolute Gasteiger partial charge is 0.374 e. The highest BCUT2D eigenvalue weighted by Crippen LogP contribution is 2.14. The molecule has 1 heterocycles. The van der Waals surface area contributed by atoms with Gasteiger partial charge in [0.2, 0.25) is 0 Å². The molecule has 0 radical (unpaired) electrons. The van der Waals surface area contributed by atoms with Crippen molar-refractivity contribution in [3.8, 4) is 0 Å². The fraction of sp³-hybridized carbons (Fsp3) is 0.600. The highest BCUT2D eigenvalue weighted by Gasteiger charge is 2.16. The molecular weight excluding hydrogens is 243 g/mol. The minimum atomic E-state index is -0.0963. The molecule has 1 atom stereocenters. The van der Waals surface area contributed by atoms with Gasteiger partial charge >= 0.3 is 0 Å². The Morgan fingerprint density at radius 2 is 2.05 bits per heavy atom. The van der Waals surface area contributed by atoms with Crippen molar-refractivity contribution < 1.29 is 9.13 Å². The third-order valence-electron chi connectivity index (χ3n) is 3.54. The van der Waals surface area contributed by atoms with E-state index in [1.165, 1.54) is 0 Å². The Kier molecular flexibility index (Phi) is 4.91. The molecule has 19 heavy (non-hydrogen) atoms. The minimum absolute atomic E-state index is 0.0963. The number of morpholine rings is 1. The van der Waals surface area contributed by atoms with Crippen LogP contribution >= 0.6 is 0 Å². The second-order valence-corrected chi connectivity index (χ2v) is 5.43. The molecule has 1 aliphatic heterocycles. The third-order valence-corrected chi connectivity index (χ3v) is 3.54. The number of likely N-dealkylation sites (N-methyl/N-ethyl adjacent to an activating group) is 1. The van der Waals surface area contributed by atoms with Crippen LogP contribution in [0.15, 0.2) is 12.1 Å². The quantitative estimate of drug-likeness (QED) is 0.900. The number of aryl methyl sites for hydroxylation is 2. The van der Waals surface area contributed by atoms with E-state index >= 15 is 0 Å². The monoisotopic (exact) mass is 266 g/mol. The van der Waals surface area contributed by atoms with E-state index in [2.05, 4.69) is 17.3 Å². The second-order valence-electron chi connectivity index (χ2n) is 5.43. The first-order valence-corrected chi connectivity index (χ1v) is 6.82. The molecule has 1 aromatic carbocycles. The molecule has 1 N–H and O–H groups in total. The topological polar surface area (TPSA) is 24.5 Å². The average molecular weight is 266 g/mol. The maximum atomic E-state index is 13.5. The summed E-state index contributed by atoms with van der Waals surface area (Å²) in [6, 6.07) is 3.81. The number of halogens is 1. The van der Waals surface area contributed by atoms with Crippen molar-refractivity contribution in [3.63, 3.8) is 0 Å². The first kappa shape index (κ1) is 14.4. The number of hydrogen-bond donors (Lipinski definition) is 1. The van der Waals surface area contributed by atoms with Crippen LogP contribution < -0.4 is 5.32 Å². The van der Waals surface area contributed by atoms with Crippen molar-refractivity contribution in [1.29, 1.82) is 0 Å². The Hall–Kier alpha value is -0.970. The Bertz CT molecular complexity index is 413. The smallest absolute Gasteiger partial charge is 0.129 e. The molecule has 0 saturated carbocycles. The van der Waals surface area contributed by atoms with Gasteiger partial charge in [-0.15, -0.1) is 0 Å². The van der Waals surface area contributed by atoms with E-state index < -0.39 is 0 Å². The minimum Gasteiger partial charge on any atom is -0.374 e. The highest BCUT2D eigenvalue weighted by atomic mass is 19.1. The van der Waals surface area contributed by atoms with Crippen molar-refractivity contribution in [2.75, 3.05) is 33.3 Å². The summed E-state index contributed by atoms with van der Waals surface area (Å²) in [5.41, 5.74) is 2.55. The summed E-state index contributed by atoms with van der Waals surface area (Å²) in [5, 5.41) is 3.39. The van der Waals surface area contributed by atoms with Crippen LogP contribution in [0.4, 0.5) is 4.39 Å². The van der Waals surface area contributed by atoms with Crippen LogP contribution in [-0.2, 0) is 11.3 Å². The van der Waals surface area contributed by atoms with E-state index in [9.17, 15) is 4.39 Å². The molecule has 0 amide bonds. The Morgan fingerprint density at radius 3 is 2.68 bits per heavy atom. The Labute approximate surface area is 114 Å². The predicted molar refractivity (Wildman–Crippen MR) is 74.8 cm³/mol. The lowest BCUT2D eigenvalue weighted by Gasteiger charge is -2.30. The number of ether oxygens (including phenoxy) is 1. The van der Waals surface area contributed by atoms with Gasteiger partial charge < -0.3 is 15.0 Å². The summed E-state index contributed by atoms with van der Waals surface area (Å²) in [5.74, 6) is -0.0963. The second kappa shape index (κ2) is 6.46. The SMILES string of the molecule is Cc1cc(CNCC2CN(C)CCO2)cc(C)c1F. The zero-order valence-corrected chi connectivity index (χ0v) is 12.0. The summed E-state index contributed by atoms with van der Waals surface area (Å²) in [6.45, 7) is 7.99. The molecule has 4 heteroatoms. The molecule has 1 saturated heterocycles. The normalized spacial score (nSPS) is 20.7. The van der Waals surface area contributed by atoms with Crippen LogP contribution in [0.5, 0.6) is 0 Å². The number of hydrogen-bond acceptors (Lipinski definition) is 3. The van der Waals surface area contributed by atoms with Crippen LogP contribution in [0.25, 0.3) is 0 Å². The van der Waals surface area contributed by atoms with Gasteiger partial charge in [-0.3, -0.25) is 0 Å². The fourth-order valence-corrected chi connectivity index (χ4v) is 2.51. The van der Waals surface area contributed by atoms with Gasteiger partial charge in [-0.1, -0.05) is 12.1 Å². The van der Waals surface area contributed by atoms with E-state index in [1.54, 1.807) is 0 Å². The van der Waals surface area contributed by atoms with E-state index in [-0.39, 0.29) is 11.9 Å². The first-order chi connectivity index (χ1) is 9.06. The molecule has 1 fully saturated rings. The van der Waals surface area contributed by atoms with Gasteiger partial charge in [-0.25, -0.2) is 4.39 Å². The van der Waals surface area contributed by atoms with Gasteiger partial charge in [-0.2, -0.15) is 0 Å². The Balaban J connectivity index is 1.82. The van der Waals surface area contributed by atoms with Gasteiger partial charge in [0.05, 0.1) is 12.7 Å². The lowest BCUT2D eigenvalue weighted by atomic mass is 10.1. The molecule has 0 spiro atoms. The van der Waals surface area contributed by atoms with Crippen LogP contribution in [0.3, 0.4) is 0 Å². The van der Waals surface area contributed by atoms with Crippen molar-refractivity contribution in [2.45, 2.75) is 26.5 Å². The summed E-state index contributed by atoms with van der Waals surface area (Å²) >= 11 is 0. The lowest BCUT2D eigenvalue weighted by molar-refractivity contribution is -0.0182. The van der Waals surface area contributed by atoms with Crippen molar-refractivity contribution in [1.82, 2.24) is 10.2 Å². The van der Waals surface area contributed by atoms with Crippen LogP contribution in [0.1, 0.15) is 16.7 Å². The van der Waals surface area contributed by atoms with Crippen molar-refractivity contribution in [2.24, 2.45) is 0 Å². The Morgan fingerprint density at radius 1 is 1.37 bits per heavy atom. The molecule has 3 nitrogen and oxygen atoms in total. The highest BCUT2D eigenvalue weighted by molar-refractivity contribution is 5.30. The maximum absolute atomic E-state index is 13.5. The van der Waals surface area contributed by atoms with E-state index in [0.29, 0.717) is 11.1 Å². The average Bonchev–Trinajstić information content (AvgIpc) is 2.36. The standard InChI is InChI=1S/C15H23FN2O/c1-11-6-13(7-12(2)15(11)16)8-17-9-14-10-18(3)4-5-19-14/h6-7,14,17H,4-5,8-10H2,1-3H3. The van der Waals surface area contributed by atoms with Gasteiger partial charge in [0.25, 0.3) is 0 Å². The van der Waals surface area contributed by atoms with Crippen LogP contribution in [-0.4, -0.2) is 44.3 Å². The third kappa shape index (κ3) is 4.00. The molecule has 1 aromatic rings. The summed E-state index contributed by atoms with van der Waals surface area (Å²) in [7, 11) is 2.11. The number of nitrogens with zero attached hydrogens (tertiary/aromatic N) is 1. The zero-order valence-electron chi connectivity index (χ0n) is 12.0. The first-order valence-electron chi connectivity index (χ1n) is 6.82. The van der Waals surface area contributed by atoms with Crippen LogP contribution in [0.2, 0.25) is 0 Å². The molecule has 106 valence electrons. The zero-order chi connectivity index (χ0) is 13.8. The van der Waals surface area contributed by atoms with Gasteiger partial charge in [0, 0.05) is 26.2 Å². The van der Waals surface area contributed by atoms with Crippen molar-refractivity contribution >= 4 is 0 Å². The summed E-state index contributed by atoms with van der Waals surface area (Å²) < 4.78 is 19.2. The number of benzene rings is 1. The molecule has 0 bridgehead atoms. The predicted octanol–water partition coefficient (Wildman–Crippen LogP) is 1.86. The molecule has 0 aromatic heterocycles. The van der Waals surface area contributed by atoms with Crippen molar-refractivity contribution in [3.05, 3.63) is 34.6 Å². The van der Waals surface area contributed by atoms with Gasteiger partial charge in [-0.05, 0) is 37.6 Å². The van der Waals surface area contributed by atoms with E-state index in [1.807, 2.05) is 26.0 Å². The number of rotatable bonds is 4. The van der Waals surface area contributed by atoms with Crippen LogP contribution in [0, 0.1) is 19.7 Å². The lowest BCUT2D eigenvalue weighted by Crippen LogP contribution is -2.44. The molecule has 2 rings (SSSR count). The molecule has 1 aliphatic rings. The molecule has 1 unspecified atom stereocenters. The van der Waals surface area contributed by atoms with Gasteiger partial charge in [0.1, 0.15) is 5.82 Å². The van der Waals surface area contributed by atoms with E-state index in [0.717, 1.165) is 38.3 Å². The summed E-state index contributed by atoms with van der Waals surface area (Å²) in [4.78, 5) is 2.28. The summed E-state index contributed by atoms with van der Waals surface area (Å²) in [6.07, 6.45) is 0.251. The molecular formula is C15H23FN2O.